The number of carbonyl (C=O) groups is 1. The van der Waals surface area contributed by atoms with Crippen molar-refractivity contribution in [1.82, 2.24) is 4.90 Å². The first-order chi connectivity index (χ1) is 10.6. The van der Waals surface area contributed by atoms with E-state index in [9.17, 15) is 9.18 Å². The number of carbonyl (C=O) groups excluding carboxylic acids is 1. The van der Waals surface area contributed by atoms with Crippen molar-refractivity contribution in [2.24, 2.45) is 5.73 Å². The molecule has 0 radical (unpaired) electrons. The summed E-state index contributed by atoms with van der Waals surface area (Å²) in [4.78, 5) is 14.2. The highest BCUT2D eigenvalue weighted by Gasteiger charge is 2.16. The summed E-state index contributed by atoms with van der Waals surface area (Å²) >= 11 is 0. The minimum atomic E-state index is -0.360. The van der Waals surface area contributed by atoms with Gasteiger partial charge in [0.15, 0.2) is 0 Å². The number of hydrogen-bond acceptors (Lipinski definition) is 2. The maximum Gasteiger partial charge on any atom is 0.254 e. The van der Waals surface area contributed by atoms with Crippen molar-refractivity contribution in [3.05, 3.63) is 71.0 Å². The Bertz CT molecular complexity index is 634. The number of rotatable bonds is 6. The zero-order valence-electron chi connectivity index (χ0n) is 13.2. The average Bonchev–Trinajstić information content (AvgIpc) is 2.54. The second-order valence-electron chi connectivity index (χ2n) is 5.28. The molecule has 0 aliphatic heterocycles. The molecule has 0 saturated heterocycles. The zero-order valence-corrected chi connectivity index (χ0v) is 14.0. The number of amides is 1. The van der Waals surface area contributed by atoms with E-state index in [0.717, 1.165) is 12.0 Å². The van der Waals surface area contributed by atoms with Gasteiger partial charge in [0, 0.05) is 25.2 Å². The molecule has 0 aliphatic rings. The number of nitrogens with zero attached hydrogens (tertiary/aromatic N) is 1. The van der Waals surface area contributed by atoms with Crippen molar-refractivity contribution in [3.63, 3.8) is 0 Å². The third-order valence-corrected chi connectivity index (χ3v) is 3.62. The summed E-state index contributed by atoms with van der Waals surface area (Å²) in [7, 11) is 0. The Morgan fingerprint density at radius 2 is 1.83 bits per heavy atom. The lowest BCUT2D eigenvalue weighted by Crippen LogP contribution is -2.37. The SMILES string of the molecule is Cc1ccc(C(=O)N(CCN)CCc2ccccc2)cc1F.Cl. The number of hydrogen-bond donors (Lipinski definition) is 1. The lowest BCUT2D eigenvalue weighted by molar-refractivity contribution is 0.0761. The summed E-state index contributed by atoms with van der Waals surface area (Å²) in [6, 6.07) is 14.5. The van der Waals surface area contributed by atoms with Crippen LogP contribution in [0.3, 0.4) is 0 Å². The van der Waals surface area contributed by atoms with Crippen molar-refractivity contribution in [1.29, 1.82) is 0 Å². The van der Waals surface area contributed by atoms with Crippen LogP contribution in [0.15, 0.2) is 48.5 Å². The van der Waals surface area contributed by atoms with Crippen molar-refractivity contribution in [3.8, 4) is 0 Å². The largest absolute Gasteiger partial charge is 0.337 e. The second kappa shape index (κ2) is 9.28. The van der Waals surface area contributed by atoms with E-state index in [1.807, 2.05) is 30.3 Å². The average molecular weight is 337 g/mol. The van der Waals surface area contributed by atoms with Gasteiger partial charge in [-0.2, -0.15) is 0 Å². The summed E-state index contributed by atoms with van der Waals surface area (Å²) in [5.41, 5.74) is 7.66. The topological polar surface area (TPSA) is 46.3 Å². The Labute approximate surface area is 142 Å². The normalized spacial score (nSPS) is 10.0. The van der Waals surface area contributed by atoms with E-state index in [0.29, 0.717) is 30.8 Å². The molecule has 23 heavy (non-hydrogen) atoms. The summed E-state index contributed by atoms with van der Waals surface area (Å²) in [5, 5.41) is 0. The van der Waals surface area contributed by atoms with E-state index in [1.54, 1.807) is 24.0 Å². The minimum absolute atomic E-state index is 0. The van der Waals surface area contributed by atoms with Gasteiger partial charge in [0.1, 0.15) is 5.82 Å². The van der Waals surface area contributed by atoms with Gasteiger partial charge < -0.3 is 10.6 Å². The molecule has 124 valence electrons. The van der Waals surface area contributed by atoms with Crippen LogP contribution in [0.25, 0.3) is 0 Å². The van der Waals surface area contributed by atoms with Gasteiger partial charge in [-0.1, -0.05) is 36.4 Å². The summed E-state index contributed by atoms with van der Waals surface area (Å²) in [6.45, 7) is 3.09. The zero-order chi connectivity index (χ0) is 15.9. The molecular weight excluding hydrogens is 315 g/mol. The number of halogens is 2. The van der Waals surface area contributed by atoms with Crippen LogP contribution in [0, 0.1) is 12.7 Å². The molecule has 2 N–H and O–H groups in total. The van der Waals surface area contributed by atoms with E-state index in [2.05, 4.69) is 0 Å². The number of aryl methyl sites for hydroxylation is 1. The third-order valence-electron chi connectivity index (χ3n) is 3.62. The lowest BCUT2D eigenvalue weighted by Gasteiger charge is -2.22. The quantitative estimate of drug-likeness (QED) is 0.880. The molecule has 0 bridgehead atoms. The van der Waals surface area contributed by atoms with Crippen molar-refractivity contribution in [2.75, 3.05) is 19.6 Å². The van der Waals surface area contributed by atoms with Crippen LogP contribution >= 0.6 is 12.4 Å². The molecule has 5 heteroatoms. The molecule has 0 spiro atoms. The fraction of sp³-hybridized carbons (Fsp3) is 0.278. The Morgan fingerprint density at radius 1 is 1.13 bits per heavy atom. The molecule has 2 aromatic carbocycles. The molecule has 0 heterocycles. The Kier molecular flexibility index (Phi) is 7.72. The maximum absolute atomic E-state index is 13.6. The van der Waals surface area contributed by atoms with Crippen LogP contribution in [0.5, 0.6) is 0 Å². The first-order valence-electron chi connectivity index (χ1n) is 7.41. The van der Waals surface area contributed by atoms with Crippen molar-refractivity contribution >= 4 is 18.3 Å². The molecule has 0 aromatic heterocycles. The molecule has 2 aromatic rings. The van der Waals surface area contributed by atoms with E-state index < -0.39 is 0 Å². The molecule has 0 aliphatic carbocycles. The number of benzene rings is 2. The second-order valence-corrected chi connectivity index (χ2v) is 5.28. The van der Waals surface area contributed by atoms with Gasteiger partial charge in [0.05, 0.1) is 0 Å². The van der Waals surface area contributed by atoms with E-state index in [-0.39, 0.29) is 24.1 Å². The van der Waals surface area contributed by atoms with Crippen LogP contribution in [0.2, 0.25) is 0 Å². The van der Waals surface area contributed by atoms with Gasteiger partial charge in [0.25, 0.3) is 5.91 Å². The van der Waals surface area contributed by atoms with Crippen LogP contribution in [-0.2, 0) is 6.42 Å². The number of nitrogens with two attached hydrogens (primary N) is 1. The van der Waals surface area contributed by atoms with Crippen LogP contribution in [0.1, 0.15) is 21.5 Å². The van der Waals surface area contributed by atoms with Gasteiger partial charge in [-0.05, 0) is 36.6 Å². The highest BCUT2D eigenvalue weighted by molar-refractivity contribution is 5.94. The monoisotopic (exact) mass is 336 g/mol. The summed E-state index contributed by atoms with van der Waals surface area (Å²) in [5.74, 6) is -0.540. The highest BCUT2D eigenvalue weighted by atomic mass is 35.5. The van der Waals surface area contributed by atoms with Gasteiger partial charge in [-0.25, -0.2) is 4.39 Å². The highest BCUT2D eigenvalue weighted by Crippen LogP contribution is 2.12. The van der Waals surface area contributed by atoms with Gasteiger partial charge in [-0.15, -0.1) is 12.4 Å². The van der Waals surface area contributed by atoms with Gasteiger partial charge in [0.2, 0.25) is 0 Å². The Hall–Kier alpha value is -1.91. The lowest BCUT2D eigenvalue weighted by atomic mass is 10.1. The van der Waals surface area contributed by atoms with Crippen LogP contribution in [-0.4, -0.2) is 30.4 Å². The smallest absolute Gasteiger partial charge is 0.254 e. The molecule has 1 amide bonds. The molecule has 0 fully saturated rings. The van der Waals surface area contributed by atoms with E-state index in [1.165, 1.54) is 6.07 Å². The summed E-state index contributed by atoms with van der Waals surface area (Å²) in [6.07, 6.45) is 0.751. The molecule has 0 atom stereocenters. The fourth-order valence-electron chi connectivity index (χ4n) is 2.29. The predicted octanol–water partition coefficient (Wildman–Crippen LogP) is 3.20. The first-order valence-corrected chi connectivity index (χ1v) is 7.41. The maximum atomic E-state index is 13.6. The van der Waals surface area contributed by atoms with Crippen molar-refractivity contribution in [2.45, 2.75) is 13.3 Å². The Morgan fingerprint density at radius 3 is 2.43 bits per heavy atom. The summed E-state index contributed by atoms with van der Waals surface area (Å²) < 4.78 is 13.6. The minimum Gasteiger partial charge on any atom is -0.337 e. The molecule has 3 nitrogen and oxygen atoms in total. The third kappa shape index (κ3) is 5.34. The molecule has 2 rings (SSSR count). The van der Waals surface area contributed by atoms with Crippen molar-refractivity contribution < 1.29 is 9.18 Å². The Balaban J connectivity index is 0.00000264. The first kappa shape index (κ1) is 19.1. The van der Waals surface area contributed by atoms with Gasteiger partial charge in [-0.3, -0.25) is 4.79 Å². The van der Waals surface area contributed by atoms with Gasteiger partial charge >= 0.3 is 0 Å². The van der Waals surface area contributed by atoms with E-state index in [4.69, 9.17) is 5.73 Å². The molecule has 0 saturated carbocycles. The van der Waals surface area contributed by atoms with Crippen LogP contribution < -0.4 is 5.73 Å². The molecular formula is C18H22ClFN2O. The fourth-order valence-corrected chi connectivity index (χ4v) is 2.29. The standard InChI is InChI=1S/C18H21FN2O.ClH/c1-14-7-8-16(13-17(14)19)18(22)21(12-10-20)11-9-15-5-3-2-4-6-15;/h2-8,13H,9-12,20H2,1H3;1H. The van der Waals surface area contributed by atoms with Crippen LogP contribution in [0.4, 0.5) is 4.39 Å². The predicted molar refractivity (Wildman–Crippen MR) is 93.5 cm³/mol. The molecule has 0 unspecified atom stereocenters. The van der Waals surface area contributed by atoms with E-state index >= 15 is 0 Å².